The van der Waals surface area contributed by atoms with Crippen LogP contribution in [0.25, 0.3) is 11.3 Å². The first-order valence-corrected chi connectivity index (χ1v) is 10.8. The number of nitrogens with zero attached hydrogens (tertiary/aromatic N) is 5. The first-order valence-electron chi connectivity index (χ1n) is 10.8. The fourth-order valence-electron chi connectivity index (χ4n) is 4.05. The van der Waals surface area contributed by atoms with Gasteiger partial charge in [0.15, 0.2) is 5.96 Å². The maximum absolute atomic E-state index is 4.97. The van der Waals surface area contributed by atoms with E-state index in [0.717, 1.165) is 43.3 Å². The van der Waals surface area contributed by atoms with E-state index in [1.807, 2.05) is 36.9 Å². The Kier molecular flexibility index (Phi) is 6.42. The second-order valence-electron chi connectivity index (χ2n) is 7.87. The molecule has 6 nitrogen and oxygen atoms in total. The van der Waals surface area contributed by atoms with Crippen LogP contribution >= 0.6 is 0 Å². The van der Waals surface area contributed by atoms with Crippen molar-refractivity contribution in [3.63, 3.8) is 0 Å². The summed E-state index contributed by atoms with van der Waals surface area (Å²) in [6.07, 6.45) is 8.83. The van der Waals surface area contributed by atoms with Crippen LogP contribution in [0.1, 0.15) is 31.9 Å². The van der Waals surface area contributed by atoms with E-state index in [9.17, 15) is 0 Å². The Morgan fingerprint density at radius 2 is 2.13 bits per heavy atom. The average molecular weight is 403 g/mol. The molecule has 0 spiro atoms. The van der Waals surface area contributed by atoms with Gasteiger partial charge in [0, 0.05) is 43.8 Å². The minimum absolute atomic E-state index is 0.414. The van der Waals surface area contributed by atoms with E-state index in [4.69, 9.17) is 4.99 Å². The first-order chi connectivity index (χ1) is 14.7. The molecule has 30 heavy (non-hydrogen) atoms. The van der Waals surface area contributed by atoms with Crippen molar-refractivity contribution in [3.8, 4) is 11.3 Å². The fraction of sp³-hybridized carbons (Fsp3) is 0.375. The number of imidazole rings is 1. The summed E-state index contributed by atoms with van der Waals surface area (Å²) in [7, 11) is 0. The van der Waals surface area contributed by atoms with Gasteiger partial charge in [-0.1, -0.05) is 31.2 Å². The van der Waals surface area contributed by atoms with Crippen molar-refractivity contribution in [1.82, 2.24) is 24.8 Å². The molecule has 1 N–H and O–H groups in total. The van der Waals surface area contributed by atoms with Crippen LogP contribution in [0.5, 0.6) is 0 Å². The van der Waals surface area contributed by atoms with Crippen LogP contribution in [0.3, 0.4) is 0 Å². The topological polar surface area (TPSA) is 58.3 Å². The van der Waals surface area contributed by atoms with Gasteiger partial charge in [-0.3, -0.25) is 4.98 Å². The molecule has 6 heteroatoms. The summed E-state index contributed by atoms with van der Waals surface area (Å²) in [5.74, 6) is 1.60. The lowest BCUT2D eigenvalue weighted by molar-refractivity contribution is 0.189. The van der Waals surface area contributed by atoms with E-state index < -0.39 is 0 Å². The molecule has 1 aliphatic heterocycles. The second kappa shape index (κ2) is 9.57. The number of hydrogen-bond donors (Lipinski definition) is 1. The van der Waals surface area contributed by atoms with Gasteiger partial charge < -0.3 is 14.8 Å². The summed E-state index contributed by atoms with van der Waals surface area (Å²) in [6, 6.07) is 14.9. The zero-order valence-electron chi connectivity index (χ0n) is 17.8. The Bertz CT molecular complexity index is 951. The fourth-order valence-corrected chi connectivity index (χ4v) is 4.05. The Morgan fingerprint density at radius 1 is 1.20 bits per heavy atom. The Morgan fingerprint density at radius 3 is 2.90 bits per heavy atom. The van der Waals surface area contributed by atoms with Gasteiger partial charge in [-0.05, 0) is 43.0 Å². The lowest BCUT2D eigenvalue weighted by atomic mass is 9.93. The first kappa shape index (κ1) is 20.1. The predicted octanol–water partition coefficient (Wildman–Crippen LogP) is 3.99. The van der Waals surface area contributed by atoms with Crippen LogP contribution < -0.4 is 5.32 Å². The van der Waals surface area contributed by atoms with Crippen molar-refractivity contribution in [2.24, 2.45) is 10.9 Å². The number of pyridine rings is 1. The average Bonchev–Trinajstić information content (AvgIpc) is 3.33. The third-order valence-corrected chi connectivity index (χ3v) is 5.76. The highest BCUT2D eigenvalue weighted by atomic mass is 15.3. The van der Waals surface area contributed by atoms with Crippen LogP contribution in [0.15, 0.2) is 72.4 Å². The smallest absolute Gasteiger partial charge is 0.194 e. The minimum Gasteiger partial charge on any atom is -0.357 e. The molecule has 0 amide bonds. The van der Waals surface area contributed by atoms with Gasteiger partial charge in [0.05, 0.1) is 24.6 Å². The Hall–Kier alpha value is -3.15. The van der Waals surface area contributed by atoms with E-state index >= 15 is 0 Å². The molecule has 1 fully saturated rings. The van der Waals surface area contributed by atoms with Crippen LogP contribution in [0.4, 0.5) is 0 Å². The number of aromatic nitrogens is 3. The van der Waals surface area contributed by atoms with Crippen molar-refractivity contribution in [2.75, 3.05) is 19.6 Å². The molecule has 2 atom stereocenters. The quantitative estimate of drug-likeness (QED) is 0.518. The van der Waals surface area contributed by atoms with Crippen molar-refractivity contribution >= 4 is 5.96 Å². The molecule has 3 heterocycles. The van der Waals surface area contributed by atoms with Gasteiger partial charge in [-0.2, -0.15) is 0 Å². The molecule has 3 aromatic rings. The van der Waals surface area contributed by atoms with Crippen molar-refractivity contribution in [1.29, 1.82) is 0 Å². The predicted molar refractivity (Wildman–Crippen MR) is 121 cm³/mol. The Labute approximate surface area is 178 Å². The summed E-state index contributed by atoms with van der Waals surface area (Å²) in [5.41, 5.74) is 3.30. The number of piperidine rings is 1. The van der Waals surface area contributed by atoms with Gasteiger partial charge in [0.1, 0.15) is 0 Å². The number of benzene rings is 1. The highest BCUT2D eigenvalue weighted by Gasteiger charge is 2.28. The molecule has 0 bridgehead atoms. The number of aliphatic imine (C=N–C) groups is 1. The molecule has 2 aromatic heterocycles. The number of nitrogens with one attached hydrogen (secondary N) is 1. The number of likely N-dealkylation sites (tertiary alicyclic amines) is 1. The van der Waals surface area contributed by atoms with Crippen LogP contribution in [0, 0.1) is 5.92 Å². The number of hydrogen-bond acceptors (Lipinski definition) is 3. The van der Waals surface area contributed by atoms with Crippen molar-refractivity contribution in [2.45, 2.75) is 32.9 Å². The molecular weight excluding hydrogens is 372 g/mol. The summed E-state index contributed by atoms with van der Waals surface area (Å²) >= 11 is 0. The van der Waals surface area contributed by atoms with Crippen molar-refractivity contribution in [3.05, 3.63) is 72.9 Å². The normalized spacial score (nSPS) is 19.7. The van der Waals surface area contributed by atoms with Gasteiger partial charge in [0.25, 0.3) is 0 Å². The maximum Gasteiger partial charge on any atom is 0.194 e. The highest BCUT2D eigenvalue weighted by molar-refractivity contribution is 5.80. The summed E-state index contributed by atoms with van der Waals surface area (Å²) in [4.78, 5) is 16.1. The van der Waals surface area contributed by atoms with Gasteiger partial charge in [-0.25, -0.2) is 9.98 Å². The summed E-state index contributed by atoms with van der Waals surface area (Å²) in [5, 5.41) is 3.49. The molecule has 1 aliphatic rings. The van der Waals surface area contributed by atoms with Crippen LogP contribution in [0.2, 0.25) is 0 Å². The van der Waals surface area contributed by atoms with E-state index in [2.05, 4.69) is 69.1 Å². The maximum atomic E-state index is 4.97. The molecule has 0 aliphatic carbocycles. The number of rotatable bonds is 5. The molecule has 156 valence electrons. The molecular formula is C24H30N6. The number of guanidine groups is 1. The molecule has 0 saturated carbocycles. The van der Waals surface area contributed by atoms with E-state index in [0.29, 0.717) is 18.5 Å². The van der Waals surface area contributed by atoms with Crippen molar-refractivity contribution < 1.29 is 0 Å². The van der Waals surface area contributed by atoms with Crippen LogP contribution in [-0.4, -0.2) is 45.0 Å². The van der Waals surface area contributed by atoms with Gasteiger partial charge >= 0.3 is 0 Å². The second-order valence-corrected chi connectivity index (χ2v) is 7.87. The standard InChI is InChI=1S/C24H30N6/c1-3-26-24(29-13-10-19(2)23(17-29)30-14-12-25-18-30)28-16-20-7-6-8-21(15-20)22-9-4-5-11-27-22/h4-9,11-12,14-15,18-19,23H,3,10,13,16-17H2,1-2H3,(H,26,28). The van der Waals surface area contributed by atoms with Crippen LogP contribution in [-0.2, 0) is 6.54 Å². The van der Waals surface area contributed by atoms with Gasteiger partial charge in [-0.15, -0.1) is 0 Å². The van der Waals surface area contributed by atoms with E-state index in [1.165, 1.54) is 5.56 Å². The lowest BCUT2D eigenvalue weighted by Gasteiger charge is -2.39. The monoisotopic (exact) mass is 402 g/mol. The lowest BCUT2D eigenvalue weighted by Crippen LogP contribution is -2.49. The highest BCUT2D eigenvalue weighted by Crippen LogP contribution is 2.27. The molecule has 2 unspecified atom stereocenters. The summed E-state index contributed by atoms with van der Waals surface area (Å²) < 4.78 is 2.23. The summed E-state index contributed by atoms with van der Waals surface area (Å²) in [6.45, 7) is 7.91. The molecule has 0 radical (unpaired) electrons. The van der Waals surface area contributed by atoms with Gasteiger partial charge in [0.2, 0.25) is 0 Å². The molecule has 1 aromatic carbocycles. The molecule has 1 saturated heterocycles. The Balaban J connectivity index is 1.50. The largest absolute Gasteiger partial charge is 0.357 e. The third kappa shape index (κ3) is 4.70. The zero-order valence-corrected chi connectivity index (χ0v) is 17.8. The minimum atomic E-state index is 0.414. The SMILES string of the molecule is CCNC(=NCc1cccc(-c2ccccn2)c1)N1CCC(C)C(n2ccnc2)C1. The molecule has 4 rings (SSSR count). The van der Waals surface area contributed by atoms with E-state index in [-0.39, 0.29) is 0 Å². The third-order valence-electron chi connectivity index (χ3n) is 5.76. The van der Waals surface area contributed by atoms with E-state index in [1.54, 1.807) is 0 Å². The zero-order chi connectivity index (χ0) is 20.8.